The van der Waals surface area contributed by atoms with E-state index in [0.29, 0.717) is 12.0 Å². The van der Waals surface area contributed by atoms with Gasteiger partial charge in [0.2, 0.25) is 0 Å². The van der Waals surface area contributed by atoms with Crippen molar-refractivity contribution >= 4 is 0 Å². The highest BCUT2D eigenvalue weighted by atomic mass is 16.3. The summed E-state index contributed by atoms with van der Waals surface area (Å²) in [5.74, 6) is 1.68. The summed E-state index contributed by atoms with van der Waals surface area (Å²) >= 11 is 0. The lowest BCUT2D eigenvalue weighted by molar-refractivity contribution is 0.426. The van der Waals surface area contributed by atoms with Crippen molar-refractivity contribution in [3.63, 3.8) is 0 Å². The minimum absolute atomic E-state index is 0.497. The second-order valence-corrected chi connectivity index (χ2v) is 5.11. The third kappa shape index (κ3) is 2.21. The average Bonchev–Trinajstić information content (AvgIpc) is 2.99. The molecule has 0 aliphatic carbocycles. The zero-order valence-electron chi connectivity index (χ0n) is 10.7. The fourth-order valence-electron chi connectivity index (χ4n) is 2.93. The van der Waals surface area contributed by atoms with Gasteiger partial charge in [-0.1, -0.05) is 30.3 Å². The minimum Gasteiger partial charge on any atom is -0.469 e. The van der Waals surface area contributed by atoms with E-state index in [2.05, 4.69) is 48.6 Å². The monoisotopic (exact) mass is 241 g/mol. The van der Waals surface area contributed by atoms with Crippen molar-refractivity contribution in [2.75, 3.05) is 6.54 Å². The van der Waals surface area contributed by atoms with Gasteiger partial charge in [-0.2, -0.15) is 0 Å². The first-order valence-electron chi connectivity index (χ1n) is 6.66. The van der Waals surface area contributed by atoms with E-state index in [9.17, 15) is 0 Å². The van der Waals surface area contributed by atoms with Crippen LogP contribution in [0.5, 0.6) is 0 Å². The maximum atomic E-state index is 5.68. The Balaban J connectivity index is 1.78. The van der Waals surface area contributed by atoms with Crippen LogP contribution in [-0.4, -0.2) is 12.6 Å². The third-order valence-corrected chi connectivity index (χ3v) is 3.88. The van der Waals surface area contributed by atoms with Crippen molar-refractivity contribution in [3.05, 3.63) is 59.5 Å². The van der Waals surface area contributed by atoms with Crippen molar-refractivity contribution in [1.82, 2.24) is 5.32 Å². The summed E-state index contributed by atoms with van der Waals surface area (Å²) in [6.07, 6.45) is 4.06. The number of hydrogen-bond acceptors (Lipinski definition) is 2. The molecule has 0 radical (unpaired) electrons. The van der Waals surface area contributed by atoms with Crippen LogP contribution in [0.4, 0.5) is 0 Å². The Morgan fingerprint density at radius 3 is 2.78 bits per heavy atom. The lowest BCUT2D eigenvalue weighted by Crippen LogP contribution is -2.28. The largest absolute Gasteiger partial charge is 0.469 e. The average molecular weight is 241 g/mol. The third-order valence-electron chi connectivity index (χ3n) is 3.88. The summed E-state index contributed by atoms with van der Waals surface area (Å²) in [6.45, 7) is 3.22. The lowest BCUT2D eigenvalue weighted by Gasteiger charge is -2.18. The van der Waals surface area contributed by atoms with Gasteiger partial charge >= 0.3 is 0 Å². The maximum Gasteiger partial charge on any atom is 0.111 e. The topological polar surface area (TPSA) is 25.2 Å². The zero-order chi connectivity index (χ0) is 12.4. The van der Waals surface area contributed by atoms with Gasteiger partial charge in [0.25, 0.3) is 0 Å². The van der Waals surface area contributed by atoms with Crippen molar-refractivity contribution < 1.29 is 4.42 Å². The highest BCUT2D eigenvalue weighted by Crippen LogP contribution is 2.32. The molecule has 2 nitrogen and oxygen atoms in total. The van der Waals surface area contributed by atoms with Gasteiger partial charge in [0.15, 0.2) is 0 Å². The Bertz CT molecular complexity index is 503. The number of furan rings is 1. The van der Waals surface area contributed by atoms with Crippen molar-refractivity contribution in [3.8, 4) is 0 Å². The van der Waals surface area contributed by atoms with Crippen LogP contribution in [0, 0.1) is 6.92 Å². The lowest BCUT2D eigenvalue weighted by atomic mass is 9.91. The van der Waals surface area contributed by atoms with E-state index in [1.165, 1.54) is 23.3 Å². The molecule has 1 aromatic carbocycles. The van der Waals surface area contributed by atoms with E-state index in [4.69, 9.17) is 4.42 Å². The summed E-state index contributed by atoms with van der Waals surface area (Å²) in [5.41, 5.74) is 2.67. The van der Waals surface area contributed by atoms with Crippen LogP contribution in [0.2, 0.25) is 0 Å². The second kappa shape index (κ2) is 4.99. The SMILES string of the molecule is Cc1ccoc1C1CCNC1Cc1ccccc1. The van der Waals surface area contributed by atoms with Crippen LogP contribution in [0.25, 0.3) is 0 Å². The molecule has 1 aliphatic heterocycles. The molecule has 1 saturated heterocycles. The van der Waals surface area contributed by atoms with Crippen LogP contribution >= 0.6 is 0 Å². The van der Waals surface area contributed by atoms with E-state index in [1.54, 1.807) is 0 Å². The van der Waals surface area contributed by atoms with Gasteiger partial charge < -0.3 is 9.73 Å². The smallest absolute Gasteiger partial charge is 0.111 e. The van der Waals surface area contributed by atoms with Crippen molar-refractivity contribution in [2.24, 2.45) is 0 Å². The normalized spacial score (nSPS) is 23.4. The van der Waals surface area contributed by atoms with Gasteiger partial charge in [-0.25, -0.2) is 0 Å². The molecule has 2 atom stereocenters. The molecule has 2 unspecified atom stereocenters. The number of rotatable bonds is 3. The van der Waals surface area contributed by atoms with Crippen LogP contribution in [-0.2, 0) is 6.42 Å². The highest BCUT2D eigenvalue weighted by Gasteiger charge is 2.31. The van der Waals surface area contributed by atoms with E-state index in [1.807, 2.05) is 6.26 Å². The molecule has 0 bridgehead atoms. The molecule has 0 saturated carbocycles. The van der Waals surface area contributed by atoms with Gasteiger partial charge in [-0.3, -0.25) is 0 Å². The number of benzene rings is 1. The second-order valence-electron chi connectivity index (χ2n) is 5.11. The first-order chi connectivity index (χ1) is 8.84. The molecule has 1 N–H and O–H groups in total. The van der Waals surface area contributed by atoms with Crippen LogP contribution in [0.15, 0.2) is 47.1 Å². The molecular weight excluding hydrogens is 222 g/mol. The molecule has 1 aliphatic rings. The minimum atomic E-state index is 0.497. The van der Waals surface area contributed by atoms with E-state index in [0.717, 1.165) is 13.0 Å². The quantitative estimate of drug-likeness (QED) is 0.892. The highest BCUT2D eigenvalue weighted by molar-refractivity contribution is 5.24. The summed E-state index contributed by atoms with van der Waals surface area (Å²) < 4.78 is 5.68. The molecule has 1 aromatic heterocycles. The predicted octanol–water partition coefficient (Wildman–Crippen LogP) is 3.28. The predicted molar refractivity (Wildman–Crippen MR) is 72.7 cm³/mol. The van der Waals surface area contributed by atoms with Gasteiger partial charge in [0, 0.05) is 12.0 Å². The Morgan fingerprint density at radius 1 is 1.22 bits per heavy atom. The molecule has 0 amide bonds. The Labute approximate surface area is 108 Å². The Hall–Kier alpha value is -1.54. The standard InChI is InChI=1S/C16H19NO/c1-12-8-10-18-16(12)14-7-9-17-15(14)11-13-5-3-2-4-6-13/h2-6,8,10,14-15,17H,7,9,11H2,1H3. The molecule has 0 spiro atoms. The van der Waals surface area contributed by atoms with Crippen LogP contribution in [0.3, 0.4) is 0 Å². The first kappa shape index (κ1) is 11.5. The van der Waals surface area contributed by atoms with Crippen molar-refractivity contribution in [2.45, 2.75) is 31.7 Å². The van der Waals surface area contributed by atoms with Gasteiger partial charge in [0.05, 0.1) is 6.26 Å². The molecular formula is C16H19NO. The summed E-state index contributed by atoms with van der Waals surface area (Å²) in [4.78, 5) is 0. The molecule has 3 rings (SSSR count). The molecule has 94 valence electrons. The molecule has 18 heavy (non-hydrogen) atoms. The fraction of sp³-hybridized carbons (Fsp3) is 0.375. The Kier molecular flexibility index (Phi) is 3.20. The van der Waals surface area contributed by atoms with E-state index >= 15 is 0 Å². The molecule has 2 heteroatoms. The molecule has 1 fully saturated rings. The summed E-state index contributed by atoms with van der Waals surface area (Å²) in [5, 5.41) is 3.61. The number of aryl methyl sites for hydroxylation is 1. The first-order valence-corrected chi connectivity index (χ1v) is 6.66. The molecule has 2 aromatic rings. The van der Waals surface area contributed by atoms with Crippen LogP contribution in [0.1, 0.15) is 29.2 Å². The van der Waals surface area contributed by atoms with Crippen LogP contribution < -0.4 is 5.32 Å². The fourth-order valence-corrected chi connectivity index (χ4v) is 2.93. The van der Waals surface area contributed by atoms with E-state index < -0.39 is 0 Å². The van der Waals surface area contributed by atoms with Gasteiger partial charge in [-0.15, -0.1) is 0 Å². The van der Waals surface area contributed by atoms with Gasteiger partial charge in [-0.05, 0) is 43.5 Å². The number of nitrogens with one attached hydrogen (secondary N) is 1. The summed E-state index contributed by atoms with van der Waals surface area (Å²) in [7, 11) is 0. The van der Waals surface area contributed by atoms with E-state index in [-0.39, 0.29) is 0 Å². The van der Waals surface area contributed by atoms with Gasteiger partial charge in [0.1, 0.15) is 5.76 Å². The molecule has 2 heterocycles. The maximum absolute atomic E-state index is 5.68. The Morgan fingerprint density at radius 2 is 2.06 bits per heavy atom. The van der Waals surface area contributed by atoms with Crippen molar-refractivity contribution in [1.29, 1.82) is 0 Å². The summed E-state index contributed by atoms with van der Waals surface area (Å²) in [6, 6.07) is 13.2. The zero-order valence-corrected chi connectivity index (χ0v) is 10.7. The number of hydrogen-bond donors (Lipinski definition) is 1.